The molecular weight excluding hydrogens is 340 g/mol. The van der Waals surface area contributed by atoms with Crippen molar-refractivity contribution in [1.82, 2.24) is 4.98 Å². The van der Waals surface area contributed by atoms with Crippen molar-refractivity contribution in [3.63, 3.8) is 0 Å². The van der Waals surface area contributed by atoms with Crippen molar-refractivity contribution in [2.45, 2.75) is 30.4 Å². The number of hydrogen-bond acceptors (Lipinski definition) is 4. The van der Waals surface area contributed by atoms with Crippen LogP contribution in [0.3, 0.4) is 0 Å². The summed E-state index contributed by atoms with van der Waals surface area (Å²) >= 11 is 7.26. The largest absolute Gasteiger partial charge is 0.360 e. The molecule has 0 amide bonds. The second-order valence-electron chi connectivity index (χ2n) is 5.08. The normalized spacial score (nSPS) is 18.0. The molecule has 5 heteroatoms. The fraction of sp³-hybridized carbons (Fsp3) is 0.500. The predicted octanol–water partition coefficient (Wildman–Crippen LogP) is 5.15. The van der Waals surface area contributed by atoms with Gasteiger partial charge in [0.2, 0.25) is 0 Å². The summed E-state index contributed by atoms with van der Waals surface area (Å²) in [5.74, 6) is 0. The molecule has 1 aromatic heterocycles. The molecule has 0 radical (unpaired) electrons. The van der Waals surface area contributed by atoms with E-state index >= 15 is 0 Å². The van der Waals surface area contributed by atoms with Crippen LogP contribution in [-0.2, 0) is 0 Å². The molecule has 0 atom stereocenters. The van der Waals surface area contributed by atoms with E-state index in [1.54, 1.807) is 11.3 Å². The quantitative estimate of drug-likeness (QED) is 0.819. The van der Waals surface area contributed by atoms with Crippen LogP contribution in [0.15, 0.2) is 22.7 Å². The number of hydrogen-bond donors (Lipinski definition) is 1. The number of rotatable bonds is 4. The molecule has 0 bridgehead atoms. The lowest BCUT2D eigenvalue weighted by Crippen LogP contribution is -2.29. The van der Waals surface area contributed by atoms with E-state index in [0.29, 0.717) is 4.75 Å². The molecule has 0 aliphatic heterocycles. The maximum Gasteiger partial charge on any atom is 0.183 e. The summed E-state index contributed by atoms with van der Waals surface area (Å²) in [7, 11) is 0. The molecule has 1 aliphatic carbocycles. The summed E-state index contributed by atoms with van der Waals surface area (Å²) in [5.41, 5.74) is 1.08. The Morgan fingerprint density at radius 1 is 1.42 bits per heavy atom. The van der Waals surface area contributed by atoms with Crippen molar-refractivity contribution in [1.29, 1.82) is 0 Å². The van der Waals surface area contributed by atoms with Gasteiger partial charge in [-0.05, 0) is 37.3 Å². The smallest absolute Gasteiger partial charge is 0.183 e. The van der Waals surface area contributed by atoms with Gasteiger partial charge in [0.15, 0.2) is 5.13 Å². The SMILES string of the molecule is CSC1(CNc2nc3cc(Br)ccc3s2)CCCC1. The summed E-state index contributed by atoms with van der Waals surface area (Å²) in [4.78, 5) is 4.67. The molecule has 2 aromatic rings. The van der Waals surface area contributed by atoms with Gasteiger partial charge in [0.1, 0.15) is 0 Å². The van der Waals surface area contributed by atoms with Crippen LogP contribution in [0.5, 0.6) is 0 Å². The van der Waals surface area contributed by atoms with Gasteiger partial charge < -0.3 is 5.32 Å². The third kappa shape index (κ3) is 2.93. The number of benzene rings is 1. The number of anilines is 1. The van der Waals surface area contributed by atoms with Gasteiger partial charge in [-0.15, -0.1) is 0 Å². The van der Waals surface area contributed by atoms with Crippen molar-refractivity contribution in [2.24, 2.45) is 0 Å². The molecule has 102 valence electrons. The number of halogens is 1. The van der Waals surface area contributed by atoms with Crippen molar-refractivity contribution in [3.8, 4) is 0 Å². The first-order valence-electron chi connectivity index (χ1n) is 6.56. The van der Waals surface area contributed by atoms with Crippen LogP contribution >= 0.6 is 39.0 Å². The van der Waals surface area contributed by atoms with E-state index in [-0.39, 0.29) is 0 Å². The number of fused-ring (bicyclic) bond motifs is 1. The predicted molar refractivity (Wildman–Crippen MR) is 90.5 cm³/mol. The van der Waals surface area contributed by atoms with Crippen molar-refractivity contribution < 1.29 is 0 Å². The third-order valence-corrected chi connectivity index (χ3v) is 6.77. The highest BCUT2D eigenvalue weighted by Crippen LogP contribution is 2.40. The van der Waals surface area contributed by atoms with Gasteiger partial charge >= 0.3 is 0 Å². The van der Waals surface area contributed by atoms with Crippen LogP contribution < -0.4 is 5.32 Å². The van der Waals surface area contributed by atoms with Gasteiger partial charge in [-0.3, -0.25) is 0 Å². The minimum Gasteiger partial charge on any atom is -0.360 e. The average Bonchev–Trinajstić information content (AvgIpc) is 3.02. The second kappa shape index (κ2) is 5.62. The molecule has 1 heterocycles. The molecule has 1 aromatic carbocycles. The lowest BCUT2D eigenvalue weighted by Gasteiger charge is -2.26. The number of thioether (sulfide) groups is 1. The highest BCUT2D eigenvalue weighted by molar-refractivity contribution is 9.10. The summed E-state index contributed by atoms with van der Waals surface area (Å²) in [6.45, 7) is 1.04. The van der Waals surface area contributed by atoms with E-state index in [1.807, 2.05) is 11.8 Å². The fourth-order valence-electron chi connectivity index (χ4n) is 2.69. The minimum atomic E-state index is 0.429. The van der Waals surface area contributed by atoms with Crippen LogP contribution in [0, 0.1) is 0 Å². The summed E-state index contributed by atoms with van der Waals surface area (Å²) in [6, 6.07) is 6.28. The molecule has 1 aliphatic rings. The molecule has 0 saturated heterocycles. The molecule has 2 nitrogen and oxygen atoms in total. The minimum absolute atomic E-state index is 0.429. The molecule has 0 unspecified atom stereocenters. The van der Waals surface area contributed by atoms with Crippen LogP contribution in [0.2, 0.25) is 0 Å². The van der Waals surface area contributed by atoms with Crippen molar-refractivity contribution >= 4 is 54.4 Å². The van der Waals surface area contributed by atoms with Gasteiger partial charge in [0.25, 0.3) is 0 Å². The van der Waals surface area contributed by atoms with Crippen LogP contribution in [0.4, 0.5) is 5.13 Å². The van der Waals surface area contributed by atoms with E-state index in [4.69, 9.17) is 0 Å². The first kappa shape index (κ1) is 13.7. The summed E-state index contributed by atoms with van der Waals surface area (Å²) in [5, 5.41) is 4.61. The van der Waals surface area contributed by atoms with Gasteiger partial charge in [-0.25, -0.2) is 4.98 Å². The monoisotopic (exact) mass is 356 g/mol. The van der Waals surface area contributed by atoms with Crippen LogP contribution in [0.25, 0.3) is 10.2 Å². The molecule has 1 N–H and O–H groups in total. The molecule has 1 saturated carbocycles. The number of thiazole rings is 1. The van der Waals surface area contributed by atoms with Crippen LogP contribution in [-0.4, -0.2) is 22.5 Å². The highest BCUT2D eigenvalue weighted by atomic mass is 79.9. The van der Waals surface area contributed by atoms with E-state index in [2.05, 4.69) is 50.7 Å². The van der Waals surface area contributed by atoms with Gasteiger partial charge in [0.05, 0.1) is 10.2 Å². The summed E-state index contributed by atoms with van der Waals surface area (Å²) < 4.78 is 2.77. The maximum atomic E-state index is 4.67. The Labute approximate surface area is 130 Å². The molecule has 1 fully saturated rings. The number of aromatic nitrogens is 1. The molecular formula is C14H17BrN2S2. The zero-order chi connectivity index (χ0) is 13.3. The lowest BCUT2D eigenvalue weighted by atomic mass is 10.1. The first-order chi connectivity index (χ1) is 9.21. The zero-order valence-corrected chi connectivity index (χ0v) is 14.1. The first-order valence-corrected chi connectivity index (χ1v) is 9.39. The number of nitrogens with zero attached hydrogens (tertiary/aromatic N) is 1. The Balaban J connectivity index is 1.74. The van der Waals surface area contributed by atoms with Crippen molar-refractivity contribution in [3.05, 3.63) is 22.7 Å². The Hall–Kier alpha value is -0.260. The lowest BCUT2D eigenvalue weighted by molar-refractivity contribution is 0.640. The molecule has 0 spiro atoms. The molecule has 3 rings (SSSR count). The van der Waals surface area contributed by atoms with E-state index < -0.39 is 0 Å². The zero-order valence-electron chi connectivity index (χ0n) is 10.9. The Bertz CT molecular complexity index is 576. The molecule has 19 heavy (non-hydrogen) atoms. The maximum absolute atomic E-state index is 4.67. The number of nitrogens with one attached hydrogen (secondary N) is 1. The van der Waals surface area contributed by atoms with Gasteiger partial charge in [-0.1, -0.05) is 40.1 Å². The summed E-state index contributed by atoms with van der Waals surface area (Å²) in [6.07, 6.45) is 7.64. The van der Waals surface area contributed by atoms with Gasteiger partial charge in [-0.2, -0.15) is 11.8 Å². The Morgan fingerprint density at radius 2 is 2.21 bits per heavy atom. The third-order valence-electron chi connectivity index (χ3n) is 3.86. The average molecular weight is 357 g/mol. The highest BCUT2D eigenvalue weighted by Gasteiger charge is 2.32. The topological polar surface area (TPSA) is 24.9 Å². The standard InChI is InChI=1S/C14H17BrN2S2/c1-18-14(6-2-3-7-14)9-16-13-17-11-8-10(15)4-5-12(11)19-13/h4-5,8H,2-3,6-7,9H2,1H3,(H,16,17). The Kier molecular flexibility index (Phi) is 4.06. The van der Waals surface area contributed by atoms with Crippen molar-refractivity contribution in [2.75, 3.05) is 18.1 Å². The van der Waals surface area contributed by atoms with E-state index in [9.17, 15) is 0 Å². The fourth-order valence-corrected chi connectivity index (χ4v) is 4.79. The van der Waals surface area contributed by atoms with Crippen LogP contribution in [0.1, 0.15) is 25.7 Å². The second-order valence-corrected chi connectivity index (χ2v) is 8.30. The van der Waals surface area contributed by atoms with Gasteiger partial charge in [0, 0.05) is 15.8 Å². The van der Waals surface area contributed by atoms with E-state index in [1.165, 1.54) is 30.4 Å². The Morgan fingerprint density at radius 3 is 2.95 bits per heavy atom. The van der Waals surface area contributed by atoms with E-state index in [0.717, 1.165) is 21.7 Å².